The third-order valence-electron chi connectivity index (χ3n) is 4.02. The molecule has 1 aliphatic heterocycles. The molecule has 0 bridgehead atoms. The minimum absolute atomic E-state index is 0.111. The summed E-state index contributed by atoms with van der Waals surface area (Å²) in [5, 5.41) is 9.87. The van der Waals surface area contributed by atoms with Gasteiger partial charge in [-0.15, -0.1) is 0 Å². The Morgan fingerprint density at radius 3 is 2.65 bits per heavy atom. The number of amidine groups is 1. The molecule has 0 spiro atoms. The first-order valence-electron chi connectivity index (χ1n) is 6.85. The van der Waals surface area contributed by atoms with Crippen molar-refractivity contribution in [3.63, 3.8) is 0 Å². The lowest BCUT2D eigenvalue weighted by molar-refractivity contribution is 0.193. The number of nitrogens with one attached hydrogen (secondary N) is 1. The Kier molecular flexibility index (Phi) is 3.32. The van der Waals surface area contributed by atoms with Crippen LogP contribution in [0.4, 0.5) is 5.69 Å². The van der Waals surface area contributed by atoms with Crippen molar-refractivity contribution in [3.8, 4) is 0 Å². The summed E-state index contributed by atoms with van der Waals surface area (Å²) in [5.41, 5.74) is 7.64. The Morgan fingerprint density at radius 2 is 2.00 bits per heavy atom. The molecule has 1 unspecified atom stereocenters. The molecule has 4 heteroatoms. The molecule has 0 aliphatic carbocycles. The van der Waals surface area contributed by atoms with E-state index in [9.17, 15) is 0 Å². The normalized spacial score (nSPS) is 18.4. The summed E-state index contributed by atoms with van der Waals surface area (Å²) in [7, 11) is 2.11. The van der Waals surface area contributed by atoms with Crippen LogP contribution in [0.15, 0.2) is 36.4 Å². The highest BCUT2D eigenvalue weighted by Gasteiger charge is 2.22. The molecule has 1 atom stereocenters. The average molecular weight is 269 g/mol. The van der Waals surface area contributed by atoms with E-state index in [1.54, 1.807) is 0 Å². The van der Waals surface area contributed by atoms with Crippen molar-refractivity contribution in [2.45, 2.75) is 12.5 Å². The Labute approximate surface area is 118 Å². The molecule has 0 saturated carbocycles. The lowest BCUT2D eigenvalue weighted by Gasteiger charge is -2.27. The SMILES string of the molecule is CN(c1ccc(C(=N)N)c2ccccc12)C1CCOC1. The van der Waals surface area contributed by atoms with Gasteiger partial charge < -0.3 is 15.4 Å². The molecule has 104 valence electrons. The molecular formula is C16H19N3O. The first kappa shape index (κ1) is 12.9. The molecule has 1 aliphatic rings. The number of hydrogen-bond donors (Lipinski definition) is 2. The third-order valence-corrected chi connectivity index (χ3v) is 4.02. The lowest BCUT2D eigenvalue weighted by atomic mass is 10.0. The van der Waals surface area contributed by atoms with Gasteiger partial charge in [0.2, 0.25) is 0 Å². The van der Waals surface area contributed by atoms with Gasteiger partial charge in [0.05, 0.1) is 12.6 Å². The zero-order valence-corrected chi connectivity index (χ0v) is 11.6. The van der Waals surface area contributed by atoms with Crippen LogP contribution >= 0.6 is 0 Å². The number of nitrogens with two attached hydrogens (primary N) is 1. The van der Waals surface area contributed by atoms with Gasteiger partial charge in [0.25, 0.3) is 0 Å². The first-order valence-corrected chi connectivity index (χ1v) is 6.85. The molecule has 2 aromatic rings. The Hall–Kier alpha value is -2.07. The number of rotatable bonds is 3. The van der Waals surface area contributed by atoms with Crippen molar-refractivity contribution >= 4 is 22.3 Å². The Morgan fingerprint density at radius 1 is 1.25 bits per heavy atom. The van der Waals surface area contributed by atoms with E-state index >= 15 is 0 Å². The monoisotopic (exact) mass is 269 g/mol. The van der Waals surface area contributed by atoms with Crippen molar-refractivity contribution < 1.29 is 4.74 Å². The largest absolute Gasteiger partial charge is 0.384 e. The van der Waals surface area contributed by atoms with E-state index in [0.717, 1.165) is 36.0 Å². The van der Waals surface area contributed by atoms with Gasteiger partial charge in [-0.2, -0.15) is 0 Å². The minimum Gasteiger partial charge on any atom is -0.384 e. The zero-order chi connectivity index (χ0) is 14.1. The Balaban J connectivity index is 2.12. The van der Waals surface area contributed by atoms with Crippen LogP contribution in [0.2, 0.25) is 0 Å². The smallest absolute Gasteiger partial charge is 0.123 e. The van der Waals surface area contributed by atoms with E-state index in [0.29, 0.717) is 6.04 Å². The van der Waals surface area contributed by atoms with Gasteiger partial charge in [-0.1, -0.05) is 24.3 Å². The maximum absolute atomic E-state index is 7.71. The van der Waals surface area contributed by atoms with E-state index in [4.69, 9.17) is 15.9 Å². The summed E-state index contributed by atoms with van der Waals surface area (Å²) >= 11 is 0. The second-order valence-corrected chi connectivity index (χ2v) is 5.22. The second kappa shape index (κ2) is 5.13. The highest BCUT2D eigenvalue weighted by molar-refractivity contribution is 6.10. The summed E-state index contributed by atoms with van der Waals surface area (Å²) in [6.07, 6.45) is 1.05. The lowest BCUT2D eigenvalue weighted by Crippen LogP contribution is -2.32. The molecule has 1 fully saturated rings. The molecule has 3 N–H and O–H groups in total. The van der Waals surface area contributed by atoms with Crippen LogP contribution in [0.3, 0.4) is 0 Å². The van der Waals surface area contributed by atoms with Gasteiger partial charge in [-0.05, 0) is 23.9 Å². The molecule has 1 heterocycles. The van der Waals surface area contributed by atoms with E-state index in [1.807, 2.05) is 24.3 Å². The van der Waals surface area contributed by atoms with Gasteiger partial charge in [0, 0.05) is 30.3 Å². The van der Waals surface area contributed by atoms with Crippen LogP contribution in [0.1, 0.15) is 12.0 Å². The fraction of sp³-hybridized carbons (Fsp3) is 0.312. The number of nitrogens with zero attached hydrogens (tertiary/aromatic N) is 1. The van der Waals surface area contributed by atoms with Crippen LogP contribution in [-0.2, 0) is 4.74 Å². The molecule has 20 heavy (non-hydrogen) atoms. The number of anilines is 1. The summed E-state index contributed by atoms with van der Waals surface area (Å²) in [5.74, 6) is 0.111. The summed E-state index contributed by atoms with van der Waals surface area (Å²) in [6, 6.07) is 12.5. The van der Waals surface area contributed by atoms with Crippen LogP contribution < -0.4 is 10.6 Å². The van der Waals surface area contributed by atoms with E-state index < -0.39 is 0 Å². The third kappa shape index (κ3) is 2.12. The number of likely N-dealkylation sites (N-methyl/N-ethyl adjacent to an activating group) is 1. The van der Waals surface area contributed by atoms with E-state index in [2.05, 4.69) is 24.1 Å². The Bertz CT molecular complexity index is 647. The highest BCUT2D eigenvalue weighted by Crippen LogP contribution is 2.31. The molecule has 0 aromatic heterocycles. The number of nitrogen functional groups attached to an aromatic ring is 1. The van der Waals surface area contributed by atoms with Crippen molar-refractivity contribution in [2.75, 3.05) is 25.2 Å². The molecule has 2 aromatic carbocycles. The van der Waals surface area contributed by atoms with E-state index in [-0.39, 0.29) is 5.84 Å². The quantitative estimate of drug-likeness (QED) is 0.664. The van der Waals surface area contributed by atoms with Crippen LogP contribution in [0.25, 0.3) is 10.8 Å². The van der Waals surface area contributed by atoms with E-state index in [1.165, 1.54) is 5.69 Å². The van der Waals surface area contributed by atoms with Crippen molar-refractivity contribution in [1.82, 2.24) is 0 Å². The number of benzene rings is 2. The van der Waals surface area contributed by atoms with Gasteiger partial charge in [-0.25, -0.2) is 0 Å². The molecule has 3 rings (SSSR count). The van der Waals surface area contributed by atoms with Crippen LogP contribution in [0.5, 0.6) is 0 Å². The summed E-state index contributed by atoms with van der Waals surface area (Å²) < 4.78 is 5.48. The van der Waals surface area contributed by atoms with Crippen molar-refractivity contribution in [3.05, 3.63) is 42.0 Å². The predicted molar refractivity (Wildman–Crippen MR) is 82.6 cm³/mol. The highest BCUT2D eigenvalue weighted by atomic mass is 16.5. The fourth-order valence-corrected chi connectivity index (χ4v) is 2.85. The number of fused-ring (bicyclic) bond motifs is 1. The molecule has 0 radical (unpaired) electrons. The molecule has 0 amide bonds. The van der Waals surface area contributed by atoms with Gasteiger partial charge >= 0.3 is 0 Å². The van der Waals surface area contributed by atoms with Gasteiger partial charge in [0.15, 0.2) is 0 Å². The summed E-state index contributed by atoms with van der Waals surface area (Å²) in [6.45, 7) is 1.61. The topological polar surface area (TPSA) is 62.3 Å². The zero-order valence-electron chi connectivity index (χ0n) is 11.6. The maximum Gasteiger partial charge on any atom is 0.123 e. The van der Waals surface area contributed by atoms with Crippen LogP contribution in [0, 0.1) is 5.41 Å². The maximum atomic E-state index is 7.71. The predicted octanol–water partition coefficient (Wildman–Crippen LogP) is 2.35. The molecular weight excluding hydrogens is 250 g/mol. The fourth-order valence-electron chi connectivity index (χ4n) is 2.85. The number of hydrogen-bond acceptors (Lipinski definition) is 3. The van der Waals surface area contributed by atoms with Crippen molar-refractivity contribution in [1.29, 1.82) is 5.41 Å². The minimum atomic E-state index is 0.111. The molecule has 1 saturated heterocycles. The van der Waals surface area contributed by atoms with Crippen molar-refractivity contribution in [2.24, 2.45) is 5.73 Å². The van der Waals surface area contributed by atoms with Gasteiger partial charge in [-0.3, -0.25) is 5.41 Å². The number of ether oxygens (including phenoxy) is 1. The summed E-state index contributed by atoms with van der Waals surface area (Å²) in [4.78, 5) is 2.28. The standard InChI is InChI=1S/C16H19N3O/c1-19(11-8-9-20-10-11)15-7-6-14(16(17)18)12-4-2-3-5-13(12)15/h2-7,11H,8-10H2,1H3,(H3,17,18). The second-order valence-electron chi connectivity index (χ2n) is 5.22. The molecule has 4 nitrogen and oxygen atoms in total. The van der Waals surface area contributed by atoms with Gasteiger partial charge in [0.1, 0.15) is 5.84 Å². The average Bonchev–Trinajstić information content (AvgIpc) is 2.99. The van der Waals surface area contributed by atoms with Crippen LogP contribution in [-0.4, -0.2) is 32.1 Å². The first-order chi connectivity index (χ1) is 9.68.